The molecular formula is C17H34N2. The predicted molar refractivity (Wildman–Crippen MR) is 83.5 cm³/mol. The molecule has 0 spiro atoms. The average molecular weight is 266 g/mol. The maximum absolute atomic E-state index is 3.82. The van der Waals surface area contributed by atoms with E-state index in [9.17, 15) is 0 Å². The molecule has 2 aliphatic carbocycles. The largest absolute Gasteiger partial charge is 0.314 e. The van der Waals surface area contributed by atoms with Crippen molar-refractivity contribution in [3.05, 3.63) is 0 Å². The van der Waals surface area contributed by atoms with Crippen molar-refractivity contribution in [1.82, 2.24) is 10.2 Å². The van der Waals surface area contributed by atoms with E-state index in [1.54, 1.807) is 0 Å². The van der Waals surface area contributed by atoms with Crippen LogP contribution in [0.25, 0.3) is 0 Å². The lowest BCUT2D eigenvalue weighted by Crippen LogP contribution is -2.48. The van der Waals surface area contributed by atoms with E-state index in [1.165, 1.54) is 58.2 Å². The van der Waals surface area contributed by atoms with E-state index in [2.05, 4.69) is 37.9 Å². The Morgan fingerprint density at radius 3 is 2.47 bits per heavy atom. The van der Waals surface area contributed by atoms with Crippen LogP contribution in [0, 0.1) is 11.3 Å². The van der Waals surface area contributed by atoms with E-state index in [-0.39, 0.29) is 0 Å². The molecule has 2 aliphatic rings. The zero-order chi connectivity index (χ0) is 13.9. The van der Waals surface area contributed by atoms with Gasteiger partial charge in [-0.05, 0) is 62.9 Å². The molecule has 2 saturated carbocycles. The minimum Gasteiger partial charge on any atom is -0.314 e. The second-order valence-electron chi connectivity index (χ2n) is 7.55. The molecule has 0 aromatic heterocycles. The van der Waals surface area contributed by atoms with Gasteiger partial charge in [-0.3, -0.25) is 0 Å². The molecule has 2 fully saturated rings. The Labute approximate surface area is 120 Å². The first-order chi connectivity index (χ1) is 9.05. The smallest absolute Gasteiger partial charge is 0.0108 e. The molecule has 0 radical (unpaired) electrons. The second kappa shape index (κ2) is 6.58. The molecule has 0 aromatic carbocycles. The minimum absolute atomic E-state index is 0.554. The van der Waals surface area contributed by atoms with Gasteiger partial charge in [0, 0.05) is 18.6 Å². The van der Waals surface area contributed by atoms with Crippen molar-refractivity contribution < 1.29 is 0 Å². The van der Waals surface area contributed by atoms with Crippen molar-refractivity contribution in [3.63, 3.8) is 0 Å². The summed E-state index contributed by atoms with van der Waals surface area (Å²) in [6.07, 6.45) is 8.30. The molecule has 2 unspecified atom stereocenters. The molecule has 0 amide bonds. The lowest BCUT2D eigenvalue weighted by atomic mass is 9.69. The van der Waals surface area contributed by atoms with Crippen molar-refractivity contribution in [1.29, 1.82) is 0 Å². The van der Waals surface area contributed by atoms with Gasteiger partial charge in [-0.25, -0.2) is 0 Å². The van der Waals surface area contributed by atoms with Crippen molar-refractivity contribution in [3.8, 4) is 0 Å². The van der Waals surface area contributed by atoms with Gasteiger partial charge >= 0.3 is 0 Å². The molecule has 2 nitrogen and oxygen atoms in total. The summed E-state index contributed by atoms with van der Waals surface area (Å²) in [5, 5.41) is 3.82. The van der Waals surface area contributed by atoms with Crippen LogP contribution in [-0.2, 0) is 0 Å². The topological polar surface area (TPSA) is 15.3 Å². The molecule has 2 rings (SSSR count). The molecule has 0 aromatic rings. The third-order valence-corrected chi connectivity index (χ3v) is 5.11. The summed E-state index contributed by atoms with van der Waals surface area (Å²) in [5.41, 5.74) is 0.554. The van der Waals surface area contributed by atoms with E-state index in [0.29, 0.717) is 5.41 Å². The summed E-state index contributed by atoms with van der Waals surface area (Å²) >= 11 is 0. The Bertz CT molecular complexity index is 270. The van der Waals surface area contributed by atoms with Gasteiger partial charge in [-0.1, -0.05) is 27.7 Å². The monoisotopic (exact) mass is 266 g/mol. The van der Waals surface area contributed by atoms with Crippen molar-refractivity contribution in [2.45, 2.75) is 78.3 Å². The molecule has 2 heteroatoms. The van der Waals surface area contributed by atoms with Crippen LogP contribution in [0.2, 0.25) is 0 Å². The van der Waals surface area contributed by atoms with Crippen LogP contribution >= 0.6 is 0 Å². The lowest BCUT2D eigenvalue weighted by molar-refractivity contribution is 0.0988. The summed E-state index contributed by atoms with van der Waals surface area (Å²) in [5.74, 6) is 0.857. The van der Waals surface area contributed by atoms with Crippen LogP contribution in [0.4, 0.5) is 0 Å². The molecule has 0 heterocycles. The Morgan fingerprint density at radius 1 is 1.16 bits per heavy atom. The van der Waals surface area contributed by atoms with Gasteiger partial charge in [-0.15, -0.1) is 0 Å². The van der Waals surface area contributed by atoms with E-state index in [0.717, 1.165) is 18.0 Å². The fourth-order valence-corrected chi connectivity index (χ4v) is 3.80. The van der Waals surface area contributed by atoms with Gasteiger partial charge in [0.05, 0.1) is 0 Å². The summed E-state index contributed by atoms with van der Waals surface area (Å²) in [7, 11) is 0. The van der Waals surface area contributed by atoms with E-state index < -0.39 is 0 Å². The molecule has 19 heavy (non-hydrogen) atoms. The molecule has 0 bridgehead atoms. The van der Waals surface area contributed by atoms with Gasteiger partial charge < -0.3 is 10.2 Å². The standard InChI is InChI=1S/C17H34N2/c1-5-11-18-16-9-10-17(3,4)12-14(16)13-19(6-2)15-7-8-15/h14-16,18H,5-13H2,1-4H3. The van der Waals surface area contributed by atoms with Gasteiger partial charge in [-0.2, -0.15) is 0 Å². The van der Waals surface area contributed by atoms with Crippen molar-refractivity contribution in [2.24, 2.45) is 11.3 Å². The first-order valence-electron chi connectivity index (χ1n) is 8.53. The SMILES string of the molecule is CCCNC1CCC(C)(C)CC1CN(CC)C1CC1. The highest BCUT2D eigenvalue weighted by Gasteiger charge is 2.37. The number of rotatable bonds is 7. The third kappa shape index (κ3) is 4.46. The fourth-order valence-electron chi connectivity index (χ4n) is 3.80. The van der Waals surface area contributed by atoms with Crippen molar-refractivity contribution in [2.75, 3.05) is 19.6 Å². The highest BCUT2D eigenvalue weighted by atomic mass is 15.2. The minimum atomic E-state index is 0.554. The summed E-state index contributed by atoms with van der Waals surface area (Å²) in [6, 6.07) is 1.68. The van der Waals surface area contributed by atoms with Crippen LogP contribution < -0.4 is 5.32 Å². The number of nitrogens with zero attached hydrogens (tertiary/aromatic N) is 1. The van der Waals surface area contributed by atoms with Crippen LogP contribution in [-0.4, -0.2) is 36.6 Å². The third-order valence-electron chi connectivity index (χ3n) is 5.11. The van der Waals surface area contributed by atoms with Crippen LogP contribution in [0.5, 0.6) is 0 Å². The highest BCUT2D eigenvalue weighted by Crippen LogP contribution is 2.40. The number of hydrogen-bond donors (Lipinski definition) is 1. The lowest BCUT2D eigenvalue weighted by Gasteiger charge is -2.43. The Morgan fingerprint density at radius 2 is 1.89 bits per heavy atom. The Kier molecular flexibility index (Phi) is 5.30. The van der Waals surface area contributed by atoms with Crippen LogP contribution in [0.15, 0.2) is 0 Å². The van der Waals surface area contributed by atoms with Gasteiger partial charge in [0.15, 0.2) is 0 Å². The fraction of sp³-hybridized carbons (Fsp3) is 1.00. The Hall–Kier alpha value is -0.0800. The van der Waals surface area contributed by atoms with E-state index in [1.807, 2.05) is 0 Å². The molecule has 112 valence electrons. The number of nitrogens with one attached hydrogen (secondary N) is 1. The summed E-state index contributed by atoms with van der Waals surface area (Å²) < 4.78 is 0. The highest BCUT2D eigenvalue weighted by molar-refractivity contribution is 4.93. The van der Waals surface area contributed by atoms with Gasteiger partial charge in [0.25, 0.3) is 0 Å². The summed E-state index contributed by atoms with van der Waals surface area (Å²) in [6.45, 7) is 13.3. The average Bonchev–Trinajstić information content (AvgIpc) is 3.18. The van der Waals surface area contributed by atoms with Gasteiger partial charge in [0.1, 0.15) is 0 Å². The van der Waals surface area contributed by atoms with Crippen molar-refractivity contribution >= 4 is 0 Å². The predicted octanol–water partition coefficient (Wildman–Crippen LogP) is 3.67. The molecule has 2 atom stereocenters. The maximum atomic E-state index is 3.82. The maximum Gasteiger partial charge on any atom is 0.0108 e. The quantitative estimate of drug-likeness (QED) is 0.756. The molecule has 0 aliphatic heterocycles. The zero-order valence-electron chi connectivity index (χ0n) is 13.5. The first kappa shape index (κ1) is 15.3. The normalized spacial score (nSPS) is 30.8. The van der Waals surface area contributed by atoms with Crippen LogP contribution in [0.3, 0.4) is 0 Å². The second-order valence-corrected chi connectivity index (χ2v) is 7.55. The van der Waals surface area contributed by atoms with E-state index in [4.69, 9.17) is 0 Å². The molecule has 1 N–H and O–H groups in total. The van der Waals surface area contributed by atoms with E-state index >= 15 is 0 Å². The number of hydrogen-bond acceptors (Lipinski definition) is 2. The molecular weight excluding hydrogens is 232 g/mol. The molecule has 0 saturated heterocycles. The first-order valence-corrected chi connectivity index (χ1v) is 8.53. The van der Waals surface area contributed by atoms with Crippen LogP contribution in [0.1, 0.15) is 66.2 Å². The Balaban J connectivity index is 1.93. The summed E-state index contributed by atoms with van der Waals surface area (Å²) in [4.78, 5) is 2.74. The zero-order valence-corrected chi connectivity index (χ0v) is 13.5. The van der Waals surface area contributed by atoms with Gasteiger partial charge in [0.2, 0.25) is 0 Å².